The van der Waals surface area contributed by atoms with Crippen LogP contribution in [0.3, 0.4) is 0 Å². The van der Waals surface area contributed by atoms with Gasteiger partial charge in [0.1, 0.15) is 0 Å². The van der Waals surface area contributed by atoms with Crippen molar-refractivity contribution in [2.24, 2.45) is 11.8 Å². The molecule has 0 aromatic heterocycles. The van der Waals surface area contributed by atoms with E-state index < -0.39 is 11.9 Å². The van der Waals surface area contributed by atoms with Crippen molar-refractivity contribution in [3.8, 4) is 0 Å². The molecule has 0 radical (unpaired) electrons. The van der Waals surface area contributed by atoms with Crippen molar-refractivity contribution >= 4 is 11.9 Å². The minimum absolute atomic E-state index is 0.135. The maximum Gasteiger partial charge on any atom is 0.306 e. The molecule has 6 unspecified atom stereocenters. The average molecular weight is 354 g/mol. The second-order valence-electron chi connectivity index (χ2n) is 6.59. The van der Waals surface area contributed by atoms with Crippen LogP contribution in [0, 0.1) is 11.8 Å². The van der Waals surface area contributed by atoms with Gasteiger partial charge < -0.3 is 24.4 Å². The monoisotopic (exact) mass is 354 g/mol. The van der Waals surface area contributed by atoms with Crippen LogP contribution in [-0.2, 0) is 23.8 Å². The van der Waals surface area contributed by atoms with Gasteiger partial charge in [0.15, 0.2) is 0 Å². The van der Waals surface area contributed by atoms with Gasteiger partial charge in [-0.1, -0.05) is 13.2 Å². The van der Waals surface area contributed by atoms with Gasteiger partial charge in [-0.3, -0.25) is 9.59 Å². The number of ether oxygens (including phenoxy) is 3. The molecule has 2 heterocycles. The Bertz CT molecular complexity index is 460. The number of hydrogen-bond donors (Lipinski definition) is 2. The van der Waals surface area contributed by atoms with E-state index in [1.807, 2.05) is 0 Å². The first-order valence-corrected chi connectivity index (χ1v) is 8.60. The first-order chi connectivity index (χ1) is 12.0. The summed E-state index contributed by atoms with van der Waals surface area (Å²) in [6.07, 6.45) is 8.99. The highest BCUT2D eigenvalue weighted by molar-refractivity contribution is 5.70. The van der Waals surface area contributed by atoms with Crippen LogP contribution in [0.4, 0.5) is 0 Å². The summed E-state index contributed by atoms with van der Waals surface area (Å²) in [6, 6.07) is 0. The molecule has 6 atom stereocenters. The number of carboxylic acids is 2. The first kappa shape index (κ1) is 19.5. The molecule has 4 rings (SSSR count). The third-order valence-corrected chi connectivity index (χ3v) is 4.90. The van der Waals surface area contributed by atoms with E-state index >= 15 is 0 Å². The Labute approximate surface area is 147 Å². The fourth-order valence-corrected chi connectivity index (χ4v) is 3.32. The third kappa shape index (κ3) is 6.17. The highest BCUT2D eigenvalue weighted by Gasteiger charge is 2.46. The summed E-state index contributed by atoms with van der Waals surface area (Å²) >= 11 is 0. The highest BCUT2D eigenvalue weighted by atomic mass is 16.6. The zero-order valence-corrected chi connectivity index (χ0v) is 14.2. The molecular formula is C18H26O7. The van der Waals surface area contributed by atoms with E-state index in [4.69, 9.17) is 19.7 Å². The summed E-state index contributed by atoms with van der Waals surface area (Å²) < 4.78 is 14.8. The Kier molecular flexibility index (Phi) is 7.01. The van der Waals surface area contributed by atoms with Crippen molar-refractivity contribution in [2.75, 3.05) is 0 Å². The minimum atomic E-state index is -0.658. The van der Waals surface area contributed by atoms with Crippen LogP contribution in [-0.4, -0.2) is 46.6 Å². The normalized spacial score (nSPS) is 36.5. The first-order valence-electron chi connectivity index (χ1n) is 8.60. The zero-order valence-electron chi connectivity index (χ0n) is 14.2. The van der Waals surface area contributed by atoms with E-state index in [9.17, 15) is 9.59 Å². The number of fused-ring (bicyclic) bond motifs is 2. The van der Waals surface area contributed by atoms with Crippen LogP contribution in [0.2, 0.25) is 0 Å². The summed E-state index contributed by atoms with van der Waals surface area (Å²) in [5.41, 5.74) is 0. The molecular weight excluding hydrogens is 328 g/mol. The van der Waals surface area contributed by atoms with Gasteiger partial charge in [-0.05, 0) is 38.5 Å². The zero-order chi connectivity index (χ0) is 18.4. The predicted octanol–water partition coefficient (Wildman–Crippen LogP) is 2.57. The van der Waals surface area contributed by atoms with E-state index in [-0.39, 0.29) is 24.0 Å². The average Bonchev–Trinajstić information content (AvgIpc) is 3.48. The maximum atomic E-state index is 10.5. The van der Waals surface area contributed by atoms with Gasteiger partial charge in [0, 0.05) is 0 Å². The fourth-order valence-electron chi connectivity index (χ4n) is 3.32. The Balaban J connectivity index is 0.000000144. The van der Waals surface area contributed by atoms with Crippen LogP contribution in [0.25, 0.3) is 0 Å². The van der Waals surface area contributed by atoms with E-state index in [2.05, 4.69) is 17.9 Å². The van der Waals surface area contributed by atoms with Gasteiger partial charge >= 0.3 is 11.9 Å². The molecule has 4 aliphatic rings. The van der Waals surface area contributed by atoms with Crippen molar-refractivity contribution < 1.29 is 34.0 Å². The van der Waals surface area contributed by atoms with Gasteiger partial charge in [0.2, 0.25) is 0 Å². The summed E-state index contributed by atoms with van der Waals surface area (Å²) in [4.78, 5) is 20.9. The molecule has 2 N–H and O–H groups in total. The number of carboxylic acid groups (broad SMARTS) is 2. The molecule has 2 aliphatic heterocycles. The highest BCUT2D eigenvalue weighted by Crippen LogP contribution is 2.40. The molecule has 140 valence electrons. The Hall–Kier alpha value is -1.86. The second kappa shape index (κ2) is 9.01. The van der Waals surface area contributed by atoms with Crippen molar-refractivity contribution in [3.63, 3.8) is 0 Å². The predicted molar refractivity (Wildman–Crippen MR) is 88.8 cm³/mol. The quantitative estimate of drug-likeness (QED) is 0.590. The van der Waals surface area contributed by atoms with Crippen molar-refractivity contribution in [1.82, 2.24) is 0 Å². The number of rotatable bonds is 4. The lowest BCUT2D eigenvalue weighted by molar-refractivity contribution is -0.143. The van der Waals surface area contributed by atoms with Crippen molar-refractivity contribution in [2.45, 2.75) is 62.9 Å². The van der Waals surface area contributed by atoms with E-state index in [0.717, 1.165) is 38.5 Å². The van der Waals surface area contributed by atoms with E-state index in [0.29, 0.717) is 12.2 Å². The number of hydrogen-bond acceptors (Lipinski definition) is 5. The maximum absolute atomic E-state index is 10.5. The second-order valence-corrected chi connectivity index (χ2v) is 6.59. The third-order valence-electron chi connectivity index (χ3n) is 4.90. The van der Waals surface area contributed by atoms with Gasteiger partial charge in [-0.25, -0.2) is 0 Å². The topological polar surface area (TPSA) is 109 Å². The Morgan fingerprint density at radius 1 is 0.800 bits per heavy atom. The van der Waals surface area contributed by atoms with Gasteiger partial charge in [0.05, 0.1) is 48.8 Å². The Morgan fingerprint density at radius 3 is 1.44 bits per heavy atom. The summed E-state index contributed by atoms with van der Waals surface area (Å²) in [6.45, 7) is 6.51. The molecule has 0 aromatic carbocycles. The molecule has 7 heteroatoms. The lowest BCUT2D eigenvalue weighted by Crippen LogP contribution is -2.21. The summed E-state index contributed by atoms with van der Waals surface area (Å²) in [5, 5.41) is 17.2. The van der Waals surface area contributed by atoms with E-state index in [1.54, 1.807) is 0 Å². The molecule has 2 aliphatic carbocycles. The molecule has 2 saturated carbocycles. The number of carbonyl (C=O) groups is 2. The molecule has 0 aromatic rings. The summed E-state index contributed by atoms with van der Waals surface area (Å²) in [5.74, 6) is -1.59. The SMILES string of the molecule is C=COC=C.O=C(O)C1CCC2OC2C1.O=C(O)C1CCC2OC2C1. The number of aliphatic carboxylic acids is 2. The molecule has 25 heavy (non-hydrogen) atoms. The van der Waals surface area contributed by atoms with Crippen molar-refractivity contribution in [1.29, 1.82) is 0 Å². The van der Waals surface area contributed by atoms with Crippen LogP contribution >= 0.6 is 0 Å². The standard InChI is InChI=1S/2C7H10O3.C4H6O/c2*8-7(9)4-1-2-5-6(3-4)10-5;1-3-5-4-2/h2*4-6H,1-3H2,(H,8,9);3-4H,1-2H2. The molecule has 7 nitrogen and oxygen atoms in total. The van der Waals surface area contributed by atoms with E-state index in [1.165, 1.54) is 12.5 Å². The molecule has 2 saturated heterocycles. The fraction of sp³-hybridized carbons (Fsp3) is 0.667. The smallest absolute Gasteiger partial charge is 0.306 e. The summed E-state index contributed by atoms with van der Waals surface area (Å²) in [7, 11) is 0. The lowest BCUT2D eigenvalue weighted by atomic mass is 9.90. The van der Waals surface area contributed by atoms with Gasteiger partial charge in [0.25, 0.3) is 0 Å². The molecule has 0 spiro atoms. The lowest BCUT2D eigenvalue weighted by Gasteiger charge is -2.12. The number of epoxide rings is 2. The largest absolute Gasteiger partial charge is 0.481 e. The molecule has 0 bridgehead atoms. The van der Waals surface area contributed by atoms with Crippen LogP contribution in [0.1, 0.15) is 38.5 Å². The van der Waals surface area contributed by atoms with Crippen LogP contribution < -0.4 is 0 Å². The van der Waals surface area contributed by atoms with Crippen LogP contribution in [0.15, 0.2) is 25.7 Å². The van der Waals surface area contributed by atoms with Gasteiger partial charge in [-0.2, -0.15) is 0 Å². The Morgan fingerprint density at radius 2 is 1.20 bits per heavy atom. The molecule has 4 fully saturated rings. The van der Waals surface area contributed by atoms with Crippen LogP contribution in [0.5, 0.6) is 0 Å². The van der Waals surface area contributed by atoms with Gasteiger partial charge in [-0.15, -0.1) is 0 Å². The minimum Gasteiger partial charge on any atom is -0.481 e. The molecule has 0 amide bonds. The van der Waals surface area contributed by atoms with Crippen molar-refractivity contribution in [3.05, 3.63) is 25.7 Å².